The molecule has 17 heavy (non-hydrogen) atoms. The van der Waals surface area contributed by atoms with Gasteiger partial charge in [0, 0.05) is 24.4 Å². The van der Waals surface area contributed by atoms with Crippen LogP contribution in [0.3, 0.4) is 0 Å². The summed E-state index contributed by atoms with van der Waals surface area (Å²) in [5.74, 6) is 0.301. The Morgan fingerprint density at radius 2 is 2.00 bits per heavy atom. The van der Waals surface area contributed by atoms with Gasteiger partial charge in [0.2, 0.25) is 0 Å². The average molecular weight is 237 g/mol. The number of hydrogen-bond acceptors (Lipinski definition) is 2. The lowest BCUT2D eigenvalue weighted by atomic mass is 9.86. The van der Waals surface area contributed by atoms with Crippen molar-refractivity contribution in [3.05, 3.63) is 30.1 Å². The second-order valence-electron chi connectivity index (χ2n) is 5.28. The molecule has 3 heteroatoms. The molecule has 2 rings (SSSR count). The smallest absolute Gasteiger partial charge is 0.123 e. The fourth-order valence-corrected chi connectivity index (χ4v) is 2.88. The van der Waals surface area contributed by atoms with Crippen molar-refractivity contribution < 1.29 is 9.50 Å². The van der Waals surface area contributed by atoms with E-state index >= 15 is 0 Å². The van der Waals surface area contributed by atoms with Crippen LogP contribution >= 0.6 is 0 Å². The van der Waals surface area contributed by atoms with Crippen molar-refractivity contribution in [3.63, 3.8) is 0 Å². The van der Waals surface area contributed by atoms with Gasteiger partial charge in [0.05, 0.1) is 0 Å². The highest BCUT2D eigenvalue weighted by Crippen LogP contribution is 2.39. The molecule has 0 radical (unpaired) electrons. The number of aliphatic hydroxyl groups is 1. The third-order valence-electron chi connectivity index (χ3n) is 4.01. The van der Waals surface area contributed by atoms with Crippen molar-refractivity contribution >= 4 is 5.69 Å². The second-order valence-corrected chi connectivity index (χ2v) is 5.28. The molecule has 0 aliphatic carbocycles. The monoisotopic (exact) mass is 237 g/mol. The molecular formula is C14H20FNO. The normalized spacial score (nSPS) is 23.1. The Labute approximate surface area is 102 Å². The Morgan fingerprint density at radius 1 is 1.35 bits per heavy atom. The molecule has 2 nitrogen and oxygen atoms in total. The first-order valence-electron chi connectivity index (χ1n) is 6.20. The van der Waals surface area contributed by atoms with E-state index in [1.807, 2.05) is 12.1 Å². The van der Waals surface area contributed by atoms with Gasteiger partial charge in [-0.05, 0) is 56.9 Å². The molecular weight excluding hydrogens is 217 g/mol. The highest BCUT2D eigenvalue weighted by atomic mass is 19.1. The molecule has 1 N–H and O–H groups in total. The third-order valence-corrected chi connectivity index (χ3v) is 4.01. The van der Waals surface area contributed by atoms with Gasteiger partial charge in [-0.25, -0.2) is 4.39 Å². The SMILES string of the molecule is CC1(C)C(CCO)CCN1c1ccc(F)cc1. The summed E-state index contributed by atoms with van der Waals surface area (Å²) < 4.78 is 12.9. The van der Waals surface area contributed by atoms with E-state index in [0.717, 1.165) is 25.1 Å². The molecule has 1 unspecified atom stereocenters. The summed E-state index contributed by atoms with van der Waals surface area (Å²) >= 11 is 0. The molecule has 0 saturated carbocycles. The van der Waals surface area contributed by atoms with Gasteiger partial charge in [-0.1, -0.05) is 0 Å². The van der Waals surface area contributed by atoms with Crippen molar-refractivity contribution in [2.75, 3.05) is 18.1 Å². The quantitative estimate of drug-likeness (QED) is 0.873. The zero-order valence-corrected chi connectivity index (χ0v) is 10.5. The lowest BCUT2D eigenvalue weighted by Gasteiger charge is -2.37. The molecule has 0 amide bonds. The van der Waals surface area contributed by atoms with Gasteiger partial charge in [-0.15, -0.1) is 0 Å². The van der Waals surface area contributed by atoms with Gasteiger partial charge in [-0.2, -0.15) is 0 Å². The number of nitrogens with zero attached hydrogens (tertiary/aromatic N) is 1. The van der Waals surface area contributed by atoms with Gasteiger partial charge in [0.25, 0.3) is 0 Å². The van der Waals surface area contributed by atoms with E-state index in [1.54, 1.807) is 0 Å². The van der Waals surface area contributed by atoms with Crippen molar-refractivity contribution in [2.24, 2.45) is 5.92 Å². The maximum absolute atomic E-state index is 12.9. The van der Waals surface area contributed by atoms with Gasteiger partial charge >= 0.3 is 0 Å². The predicted octanol–water partition coefficient (Wildman–Crippen LogP) is 2.81. The Kier molecular flexibility index (Phi) is 3.38. The van der Waals surface area contributed by atoms with Crippen LogP contribution < -0.4 is 4.90 Å². The van der Waals surface area contributed by atoms with E-state index in [-0.39, 0.29) is 18.0 Å². The van der Waals surface area contributed by atoms with E-state index in [1.165, 1.54) is 12.1 Å². The highest BCUT2D eigenvalue weighted by Gasteiger charge is 2.40. The first-order valence-corrected chi connectivity index (χ1v) is 6.20. The molecule has 1 aromatic rings. The van der Waals surface area contributed by atoms with Crippen molar-refractivity contribution in [1.82, 2.24) is 0 Å². The van der Waals surface area contributed by atoms with Gasteiger partial charge in [0.15, 0.2) is 0 Å². The summed E-state index contributed by atoms with van der Waals surface area (Å²) in [7, 11) is 0. The van der Waals surface area contributed by atoms with E-state index in [9.17, 15) is 4.39 Å². The first kappa shape index (κ1) is 12.4. The molecule has 1 aromatic carbocycles. The predicted molar refractivity (Wildman–Crippen MR) is 67.6 cm³/mol. The lowest BCUT2D eigenvalue weighted by molar-refractivity contribution is 0.229. The van der Waals surface area contributed by atoms with Crippen LogP contribution in [0.5, 0.6) is 0 Å². The minimum atomic E-state index is -0.197. The number of halogens is 1. The fourth-order valence-electron chi connectivity index (χ4n) is 2.88. The fraction of sp³-hybridized carbons (Fsp3) is 0.571. The molecule has 1 heterocycles. The van der Waals surface area contributed by atoms with Crippen LogP contribution in [0.25, 0.3) is 0 Å². The van der Waals surface area contributed by atoms with Crippen LogP contribution in [0.1, 0.15) is 26.7 Å². The number of anilines is 1. The van der Waals surface area contributed by atoms with Crippen LogP contribution in [0.15, 0.2) is 24.3 Å². The number of aliphatic hydroxyl groups excluding tert-OH is 1. The number of benzene rings is 1. The minimum Gasteiger partial charge on any atom is -0.396 e. The summed E-state index contributed by atoms with van der Waals surface area (Å²) in [4.78, 5) is 2.31. The molecule has 1 atom stereocenters. The van der Waals surface area contributed by atoms with Crippen molar-refractivity contribution in [3.8, 4) is 0 Å². The summed E-state index contributed by atoms with van der Waals surface area (Å²) in [6.07, 6.45) is 1.93. The summed E-state index contributed by atoms with van der Waals surface area (Å²) in [6.45, 7) is 5.61. The first-order chi connectivity index (χ1) is 8.05. The van der Waals surface area contributed by atoms with Crippen LogP contribution in [0.2, 0.25) is 0 Å². The van der Waals surface area contributed by atoms with Crippen molar-refractivity contribution in [2.45, 2.75) is 32.2 Å². The lowest BCUT2D eigenvalue weighted by Crippen LogP contribution is -2.42. The number of rotatable bonds is 3. The zero-order chi connectivity index (χ0) is 12.5. The largest absolute Gasteiger partial charge is 0.396 e. The molecule has 1 fully saturated rings. The van der Waals surface area contributed by atoms with Crippen molar-refractivity contribution in [1.29, 1.82) is 0 Å². The van der Waals surface area contributed by atoms with Gasteiger partial charge in [0.1, 0.15) is 5.82 Å². The van der Waals surface area contributed by atoms with E-state index in [2.05, 4.69) is 18.7 Å². The summed E-state index contributed by atoms with van der Waals surface area (Å²) in [5, 5.41) is 9.08. The Morgan fingerprint density at radius 3 is 2.59 bits per heavy atom. The van der Waals surface area contributed by atoms with Crippen LogP contribution in [0.4, 0.5) is 10.1 Å². The molecule has 1 aliphatic rings. The molecule has 1 saturated heterocycles. The van der Waals surface area contributed by atoms with E-state index in [0.29, 0.717) is 5.92 Å². The average Bonchev–Trinajstić information content (AvgIpc) is 2.57. The van der Waals surface area contributed by atoms with E-state index < -0.39 is 0 Å². The molecule has 94 valence electrons. The van der Waals surface area contributed by atoms with Crippen LogP contribution in [-0.2, 0) is 0 Å². The molecule has 0 spiro atoms. The Bertz CT molecular complexity index is 374. The topological polar surface area (TPSA) is 23.5 Å². The van der Waals surface area contributed by atoms with Crippen LogP contribution in [-0.4, -0.2) is 23.8 Å². The minimum absolute atomic E-state index is 0.0283. The van der Waals surface area contributed by atoms with Gasteiger partial charge in [-0.3, -0.25) is 0 Å². The third kappa shape index (κ3) is 2.29. The van der Waals surface area contributed by atoms with E-state index in [4.69, 9.17) is 5.11 Å². The number of hydrogen-bond donors (Lipinski definition) is 1. The Balaban J connectivity index is 2.20. The molecule has 0 aromatic heterocycles. The van der Waals surface area contributed by atoms with Crippen LogP contribution in [0, 0.1) is 11.7 Å². The maximum atomic E-state index is 12.9. The second kappa shape index (κ2) is 4.65. The van der Waals surface area contributed by atoms with Gasteiger partial charge < -0.3 is 10.0 Å². The highest BCUT2D eigenvalue weighted by molar-refractivity contribution is 5.50. The summed E-state index contributed by atoms with van der Waals surface area (Å²) in [5.41, 5.74) is 1.09. The molecule has 0 bridgehead atoms. The molecule has 1 aliphatic heterocycles. The Hall–Kier alpha value is -1.09. The maximum Gasteiger partial charge on any atom is 0.123 e. The zero-order valence-electron chi connectivity index (χ0n) is 10.5. The standard InChI is InChI=1S/C14H20FNO/c1-14(2)11(8-10-17)7-9-16(14)13-5-3-12(15)4-6-13/h3-6,11,17H,7-10H2,1-2H3. The summed E-state index contributed by atoms with van der Waals surface area (Å²) in [6, 6.07) is 6.67.